The molecule has 0 amide bonds. The Hall–Kier alpha value is -2.02. The van der Waals surface area contributed by atoms with Gasteiger partial charge in [0.1, 0.15) is 0 Å². The van der Waals surface area contributed by atoms with E-state index in [0.29, 0.717) is 0 Å². The van der Waals surface area contributed by atoms with Gasteiger partial charge in [-0.25, -0.2) is 0 Å². The van der Waals surface area contributed by atoms with Crippen LogP contribution in [-0.2, 0) is 6.42 Å². The van der Waals surface area contributed by atoms with Gasteiger partial charge >= 0.3 is 0 Å². The molecule has 2 aromatic carbocycles. The van der Waals surface area contributed by atoms with E-state index in [0.717, 1.165) is 12.8 Å². The third kappa shape index (κ3) is 1.77. The van der Waals surface area contributed by atoms with Crippen molar-refractivity contribution in [3.63, 3.8) is 0 Å². The minimum atomic E-state index is 1.07. The smallest absolute Gasteiger partial charge is 0.0988 e. The molecular weight excluding hydrogens is 227 g/mol. The number of hydrogen-bond acceptors (Lipinski definition) is 0. The monoisotopic (exact) mass is 241 g/mol. The molecule has 4 rings (SSSR count). The fraction of sp³-hybridized carbons (Fsp3) is 0.111. The van der Waals surface area contributed by atoms with E-state index in [1.807, 2.05) is 0 Å². The normalized spacial score (nSPS) is 15.1. The zero-order valence-electron chi connectivity index (χ0n) is 10.8. The maximum absolute atomic E-state index is 2.34. The molecule has 2 aliphatic carbocycles. The molecule has 0 nitrogen and oxygen atoms in total. The lowest BCUT2D eigenvalue weighted by atomic mass is 9.61. The van der Waals surface area contributed by atoms with Crippen LogP contribution < -0.4 is 5.46 Å². The largest absolute Gasteiger partial charge is 0.186 e. The SMILES string of the molecule is [B](C1=CC=CC1)c1cccc2c1Cc1ccccc1-2. The Morgan fingerprint density at radius 3 is 2.68 bits per heavy atom. The Morgan fingerprint density at radius 1 is 0.895 bits per heavy atom. The average Bonchev–Trinajstić information content (AvgIpc) is 3.06. The standard InChI is InChI=1S/C18H14B/c1-4-9-15-13(6-1)12-17-16(15)10-5-11-18(17)19-14-7-2-3-8-14/h1-7,9-11H,8,12H2. The lowest BCUT2D eigenvalue weighted by Gasteiger charge is -2.08. The highest BCUT2D eigenvalue weighted by Gasteiger charge is 2.20. The van der Waals surface area contributed by atoms with Crippen LogP contribution >= 0.6 is 0 Å². The van der Waals surface area contributed by atoms with Crippen molar-refractivity contribution in [2.45, 2.75) is 12.8 Å². The Balaban J connectivity index is 1.76. The molecule has 1 heteroatoms. The summed E-state index contributed by atoms with van der Waals surface area (Å²) in [5, 5.41) is 0. The first-order chi connectivity index (χ1) is 9.42. The number of allylic oxidation sites excluding steroid dienone is 4. The van der Waals surface area contributed by atoms with E-state index in [9.17, 15) is 0 Å². The molecule has 0 saturated heterocycles. The Morgan fingerprint density at radius 2 is 1.79 bits per heavy atom. The van der Waals surface area contributed by atoms with Gasteiger partial charge in [0, 0.05) is 0 Å². The molecule has 2 aromatic rings. The van der Waals surface area contributed by atoms with Crippen molar-refractivity contribution in [2.75, 3.05) is 0 Å². The molecule has 1 radical (unpaired) electrons. The fourth-order valence-electron chi connectivity index (χ4n) is 3.09. The molecule has 0 aliphatic heterocycles. The summed E-state index contributed by atoms with van der Waals surface area (Å²) in [6, 6.07) is 15.4. The van der Waals surface area contributed by atoms with Crippen molar-refractivity contribution < 1.29 is 0 Å². The first-order valence-electron chi connectivity index (χ1n) is 6.82. The van der Waals surface area contributed by atoms with Crippen molar-refractivity contribution in [1.82, 2.24) is 0 Å². The second kappa shape index (κ2) is 4.27. The van der Waals surface area contributed by atoms with Gasteiger partial charge in [-0.1, -0.05) is 71.6 Å². The molecule has 0 heterocycles. The number of fused-ring (bicyclic) bond motifs is 3. The summed E-state index contributed by atoms with van der Waals surface area (Å²) in [6.07, 6.45) is 8.70. The first kappa shape index (κ1) is 10.9. The van der Waals surface area contributed by atoms with E-state index in [2.05, 4.69) is 68.0 Å². The van der Waals surface area contributed by atoms with Gasteiger partial charge in [0.05, 0.1) is 0 Å². The van der Waals surface area contributed by atoms with Gasteiger partial charge in [-0.3, -0.25) is 0 Å². The van der Waals surface area contributed by atoms with E-state index in [4.69, 9.17) is 0 Å². The van der Waals surface area contributed by atoms with E-state index in [1.165, 1.54) is 33.2 Å². The van der Waals surface area contributed by atoms with Gasteiger partial charge in [0.2, 0.25) is 0 Å². The molecule has 0 spiro atoms. The third-order valence-electron chi connectivity index (χ3n) is 4.03. The number of benzene rings is 2. The predicted molar refractivity (Wildman–Crippen MR) is 81.9 cm³/mol. The van der Waals surface area contributed by atoms with Gasteiger partial charge in [-0.05, 0) is 35.1 Å². The van der Waals surface area contributed by atoms with E-state index in [1.54, 1.807) is 0 Å². The van der Waals surface area contributed by atoms with Crippen LogP contribution in [0.1, 0.15) is 17.5 Å². The zero-order valence-corrected chi connectivity index (χ0v) is 10.8. The maximum atomic E-state index is 2.34. The Kier molecular flexibility index (Phi) is 2.44. The molecule has 0 unspecified atom stereocenters. The highest BCUT2D eigenvalue weighted by molar-refractivity contribution is 6.62. The Labute approximate surface area is 114 Å². The topological polar surface area (TPSA) is 0 Å². The van der Waals surface area contributed by atoms with Crippen LogP contribution in [0.15, 0.2) is 66.2 Å². The lowest BCUT2D eigenvalue weighted by molar-refractivity contribution is 1.28. The molecule has 0 aromatic heterocycles. The fourth-order valence-corrected chi connectivity index (χ4v) is 3.09. The molecular formula is C18H14B. The van der Waals surface area contributed by atoms with Crippen LogP contribution in [-0.4, -0.2) is 7.28 Å². The lowest BCUT2D eigenvalue weighted by Crippen LogP contribution is -2.20. The van der Waals surface area contributed by atoms with Gasteiger partial charge < -0.3 is 0 Å². The summed E-state index contributed by atoms with van der Waals surface area (Å²) in [5.41, 5.74) is 8.54. The Bertz CT molecular complexity index is 707. The van der Waals surface area contributed by atoms with Crippen LogP contribution in [0, 0.1) is 0 Å². The van der Waals surface area contributed by atoms with Crippen molar-refractivity contribution in [3.8, 4) is 11.1 Å². The van der Waals surface area contributed by atoms with Crippen molar-refractivity contribution in [2.24, 2.45) is 0 Å². The molecule has 0 fully saturated rings. The van der Waals surface area contributed by atoms with Crippen molar-refractivity contribution in [3.05, 3.63) is 77.3 Å². The summed E-state index contributed by atoms with van der Waals surface area (Å²) < 4.78 is 0. The molecule has 0 atom stereocenters. The maximum Gasteiger partial charge on any atom is 0.186 e. The minimum Gasteiger partial charge on any atom is -0.0988 e. The highest BCUT2D eigenvalue weighted by Crippen LogP contribution is 2.35. The highest BCUT2D eigenvalue weighted by atomic mass is 14.2. The van der Waals surface area contributed by atoms with Gasteiger partial charge in [-0.15, -0.1) is 0 Å². The third-order valence-corrected chi connectivity index (χ3v) is 4.03. The summed E-state index contributed by atoms with van der Waals surface area (Å²) in [6.45, 7) is 0. The van der Waals surface area contributed by atoms with Gasteiger partial charge in [-0.2, -0.15) is 0 Å². The summed E-state index contributed by atoms with van der Waals surface area (Å²) in [4.78, 5) is 0. The molecule has 0 N–H and O–H groups in total. The van der Waals surface area contributed by atoms with Crippen LogP contribution in [0.5, 0.6) is 0 Å². The summed E-state index contributed by atoms with van der Waals surface area (Å²) >= 11 is 0. The average molecular weight is 241 g/mol. The van der Waals surface area contributed by atoms with Crippen LogP contribution in [0.3, 0.4) is 0 Å². The van der Waals surface area contributed by atoms with E-state index >= 15 is 0 Å². The number of hydrogen-bond donors (Lipinski definition) is 0. The molecule has 19 heavy (non-hydrogen) atoms. The van der Waals surface area contributed by atoms with Crippen molar-refractivity contribution in [1.29, 1.82) is 0 Å². The van der Waals surface area contributed by atoms with Crippen LogP contribution in [0.2, 0.25) is 0 Å². The number of rotatable bonds is 2. The van der Waals surface area contributed by atoms with Crippen molar-refractivity contribution >= 4 is 12.7 Å². The summed E-state index contributed by atoms with van der Waals surface area (Å²) in [7, 11) is 2.34. The second-order valence-electron chi connectivity index (χ2n) is 5.23. The van der Waals surface area contributed by atoms with Crippen LogP contribution in [0.4, 0.5) is 0 Å². The van der Waals surface area contributed by atoms with E-state index < -0.39 is 0 Å². The molecule has 2 aliphatic rings. The predicted octanol–water partition coefficient (Wildman–Crippen LogP) is 3.43. The first-order valence-corrected chi connectivity index (χ1v) is 6.82. The molecule has 89 valence electrons. The van der Waals surface area contributed by atoms with Crippen LogP contribution in [0.25, 0.3) is 11.1 Å². The molecule has 0 saturated carbocycles. The minimum absolute atomic E-state index is 1.07. The summed E-state index contributed by atoms with van der Waals surface area (Å²) in [5.74, 6) is 0. The zero-order chi connectivity index (χ0) is 12.7. The van der Waals surface area contributed by atoms with Gasteiger partial charge in [0.25, 0.3) is 0 Å². The van der Waals surface area contributed by atoms with Gasteiger partial charge in [0.15, 0.2) is 7.28 Å². The quantitative estimate of drug-likeness (QED) is 0.603. The van der Waals surface area contributed by atoms with E-state index in [-0.39, 0.29) is 0 Å². The second-order valence-corrected chi connectivity index (χ2v) is 5.23. The molecule has 0 bridgehead atoms.